The molecule has 7 heteroatoms. The molecule has 0 unspecified atom stereocenters. The number of aromatic nitrogens is 1. The van der Waals surface area contributed by atoms with Gasteiger partial charge in [0.1, 0.15) is 11.6 Å². The van der Waals surface area contributed by atoms with Gasteiger partial charge < -0.3 is 10.8 Å². The van der Waals surface area contributed by atoms with E-state index in [0.29, 0.717) is 16.5 Å². The van der Waals surface area contributed by atoms with Crippen molar-refractivity contribution in [2.75, 3.05) is 11.2 Å². The SMILES string of the molecule is Nc1csc(NN=Cc2c(O)ccc3cc(Br)ccc23)n1. The minimum Gasteiger partial charge on any atom is -0.507 e. The summed E-state index contributed by atoms with van der Waals surface area (Å²) in [6, 6.07) is 9.36. The molecule has 0 aliphatic carbocycles. The lowest BCUT2D eigenvalue weighted by Crippen LogP contribution is -1.92. The van der Waals surface area contributed by atoms with E-state index in [0.717, 1.165) is 15.2 Å². The van der Waals surface area contributed by atoms with Crippen molar-refractivity contribution in [1.29, 1.82) is 0 Å². The summed E-state index contributed by atoms with van der Waals surface area (Å²) in [5.41, 5.74) is 8.98. The Balaban J connectivity index is 1.94. The standard InChI is InChI=1S/C14H11BrN4OS/c15-9-2-3-10-8(5-9)1-4-12(20)11(10)6-17-19-14-18-13(16)7-21-14/h1-7,20H,16H2,(H,18,19). The normalized spacial score (nSPS) is 11.3. The number of benzene rings is 2. The first-order valence-corrected chi connectivity index (χ1v) is 7.72. The Morgan fingerprint density at radius 2 is 2.19 bits per heavy atom. The summed E-state index contributed by atoms with van der Waals surface area (Å²) in [5, 5.41) is 18.4. The number of fused-ring (bicyclic) bond motifs is 1. The van der Waals surface area contributed by atoms with Crippen LogP contribution in [-0.2, 0) is 0 Å². The summed E-state index contributed by atoms with van der Waals surface area (Å²) in [6.45, 7) is 0. The van der Waals surface area contributed by atoms with Gasteiger partial charge in [0.25, 0.3) is 0 Å². The molecule has 1 heterocycles. The molecule has 0 aliphatic heterocycles. The zero-order valence-electron chi connectivity index (χ0n) is 10.7. The van der Waals surface area contributed by atoms with Crippen LogP contribution < -0.4 is 11.2 Å². The van der Waals surface area contributed by atoms with Crippen LogP contribution in [0, 0.1) is 0 Å². The maximum absolute atomic E-state index is 10.0. The van der Waals surface area contributed by atoms with Gasteiger partial charge in [-0.3, -0.25) is 5.43 Å². The van der Waals surface area contributed by atoms with Gasteiger partial charge >= 0.3 is 0 Å². The molecule has 3 aromatic rings. The van der Waals surface area contributed by atoms with E-state index in [1.807, 2.05) is 24.3 Å². The number of phenols is 1. The summed E-state index contributed by atoms with van der Waals surface area (Å²) in [5.74, 6) is 0.629. The molecule has 5 nitrogen and oxygen atoms in total. The molecule has 106 valence electrons. The number of nitrogens with two attached hydrogens (primary N) is 1. The van der Waals surface area contributed by atoms with Crippen molar-refractivity contribution in [3.63, 3.8) is 0 Å². The van der Waals surface area contributed by atoms with Gasteiger partial charge in [-0.05, 0) is 29.0 Å². The van der Waals surface area contributed by atoms with Crippen LogP contribution in [0.3, 0.4) is 0 Å². The van der Waals surface area contributed by atoms with Crippen molar-refractivity contribution in [3.05, 3.63) is 45.7 Å². The number of anilines is 2. The van der Waals surface area contributed by atoms with Crippen LogP contribution in [0.2, 0.25) is 0 Å². The molecule has 0 radical (unpaired) electrons. The van der Waals surface area contributed by atoms with Crippen LogP contribution in [0.5, 0.6) is 5.75 Å². The van der Waals surface area contributed by atoms with Crippen LogP contribution in [0.1, 0.15) is 5.56 Å². The Labute approximate surface area is 133 Å². The summed E-state index contributed by atoms with van der Waals surface area (Å²) in [7, 11) is 0. The van der Waals surface area contributed by atoms with Gasteiger partial charge in [-0.1, -0.05) is 28.1 Å². The van der Waals surface area contributed by atoms with Crippen LogP contribution >= 0.6 is 27.3 Å². The van der Waals surface area contributed by atoms with Crippen LogP contribution in [0.15, 0.2) is 45.3 Å². The quantitative estimate of drug-likeness (QED) is 0.488. The fourth-order valence-electron chi connectivity index (χ4n) is 1.94. The number of rotatable bonds is 3. The van der Waals surface area contributed by atoms with Gasteiger partial charge in [-0.2, -0.15) is 5.10 Å². The Kier molecular flexibility index (Phi) is 3.76. The van der Waals surface area contributed by atoms with Crippen LogP contribution in [-0.4, -0.2) is 16.3 Å². The second-order valence-corrected chi connectivity index (χ2v) is 6.09. The number of aromatic hydroxyl groups is 1. The third kappa shape index (κ3) is 2.98. The zero-order valence-corrected chi connectivity index (χ0v) is 13.1. The lowest BCUT2D eigenvalue weighted by Gasteiger charge is -2.05. The van der Waals surface area contributed by atoms with E-state index in [-0.39, 0.29) is 5.75 Å². The second-order valence-electron chi connectivity index (χ2n) is 4.31. The second kappa shape index (κ2) is 5.71. The van der Waals surface area contributed by atoms with E-state index < -0.39 is 0 Å². The molecule has 3 rings (SSSR count). The van der Waals surface area contributed by atoms with Crippen molar-refractivity contribution < 1.29 is 5.11 Å². The van der Waals surface area contributed by atoms with Crippen LogP contribution in [0.4, 0.5) is 10.9 Å². The van der Waals surface area contributed by atoms with Crippen molar-refractivity contribution in [2.24, 2.45) is 5.10 Å². The number of halogens is 1. The highest BCUT2D eigenvalue weighted by molar-refractivity contribution is 9.10. The maximum atomic E-state index is 10.0. The first kappa shape index (κ1) is 13.8. The zero-order chi connectivity index (χ0) is 14.8. The van der Waals surface area contributed by atoms with Crippen molar-refractivity contribution in [2.45, 2.75) is 0 Å². The minimum atomic E-state index is 0.175. The van der Waals surface area contributed by atoms with Crippen molar-refractivity contribution >= 4 is 55.2 Å². The van der Waals surface area contributed by atoms with Crippen molar-refractivity contribution in [3.8, 4) is 5.75 Å². The van der Waals surface area contributed by atoms with Gasteiger partial charge in [-0.25, -0.2) is 4.98 Å². The average molecular weight is 363 g/mol. The van der Waals surface area contributed by atoms with E-state index in [4.69, 9.17) is 5.73 Å². The van der Waals surface area contributed by atoms with Gasteiger partial charge in [-0.15, -0.1) is 11.3 Å². The predicted molar refractivity (Wildman–Crippen MR) is 91.1 cm³/mol. The summed E-state index contributed by atoms with van der Waals surface area (Å²) in [4.78, 5) is 4.04. The molecule has 0 saturated carbocycles. The minimum absolute atomic E-state index is 0.175. The molecule has 21 heavy (non-hydrogen) atoms. The van der Waals surface area contributed by atoms with E-state index in [9.17, 15) is 5.11 Å². The molecule has 1 aromatic heterocycles. The fraction of sp³-hybridized carbons (Fsp3) is 0. The molecule has 0 saturated heterocycles. The largest absolute Gasteiger partial charge is 0.507 e. The first-order chi connectivity index (χ1) is 10.1. The lowest BCUT2D eigenvalue weighted by atomic mass is 10.0. The number of hydrogen-bond donors (Lipinski definition) is 3. The molecule has 0 atom stereocenters. The smallest absolute Gasteiger partial charge is 0.205 e. The topological polar surface area (TPSA) is 83.5 Å². The van der Waals surface area contributed by atoms with E-state index in [1.54, 1.807) is 17.7 Å². The van der Waals surface area contributed by atoms with Gasteiger partial charge in [0.2, 0.25) is 5.13 Å². The molecule has 0 aliphatic rings. The number of nitrogen functional groups attached to an aromatic ring is 1. The Bertz CT molecular complexity index is 831. The Hall–Kier alpha value is -2.12. The van der Waals surface area contributed by atoms with Gasteiger partial charge in [0, 0.05) is 15.4 Å². The molecule has 4 N–H and O–H groups in total. The highest BCUT2D eigenvalue weighted by Crippen LogP contribution is 2.28. The molecule has 2 aromatic carbocycles. The first-order valence-electron chi connectivity index (χ1n) is 6.05. The predicted octanol–water partition coefficient (Wildman–Crippen LogP) is 3.79. The highest BCUT2D eigenvalue weighted by atomic mass is 79.9. The molecule has 0 amide bonds. The number of hydrazone groups is 1. The lowest BCUT2D eigenvalue weighted by molar-refractivity contribution is 0.475. The molecule has 0 fully saturated rings. The summed E-state index contributed by atoms with van der Waals surface area (Å²) < 4.78 is 0.986. The average Bonchev–Trinajstić information content (AvgIpc) is 2.87. The third-order valence-electron chi connectivity index (χ3n) is 2.88. The van der Waals surface area contributed by atoms with E-state index in [2.05, 4.69) is 31.4 Å². The molecular weight excluding hydrogens is 352 g/mol. The fourth-order valence-corrected chi connectivity index (χ4v) is 2.87. The van der Waals surface area contributed by atoms with Gasteiger partial charge in [0.15, 0.2) is 0 Å². The number of hydrogen-bond acceptors (Lipinski definition) is 6. The third-order valence-corrected chi connectivity index (χ3v) is 4.13. The van der Waals surface area contributed by atoms with E-state index in [1.165, 1.54) is 11.3 Å². The summed E-state index contributed by atoms with van der Waals surface area (Å²) in [6.07, 6.45) is 1.57. The van der Waals surface area contributed by atoms with Crippen LogP contribution in [0.25, 0.3) is 10.8 Å². The summed E-state index contributed by atoms with van der Waals surface area (Å²) >= 11 is 4.80. The maximum Gasteiger partial charge on any atom is 0.205 e. The number of nitrogens with zero attached hydrogens (tertiary/aromatic N) is 2. The Morgan fingerprint density at radius 3 is 2.95 bits per heavy atom. The highest BCUT2D eigenvalue weighted by Gasteiger charge is 2.05. The number of nitrogens with one attached hydrogen (secondary N) is 1. The van der Waals surface area contributed by atoms with E-state index >= 15 is 0 Å². The van der Waals surface area contributed by atoms with Gasteiger partial charge in [0.05, 0.1) is 6.21 Å². The molecular formula is C14H11BrN4OS. The number of phenolic OH excluding ortho intramolecular Hbond substituents is 1. The molecule has 0 spiro atoms. The monoisotopic (exact) mass is 362 g/mol. The number of thiazole rings is 1. The van der Waals surface area contributed by atoms with Crippen molar-refractivity contribution in [1.82, 2.24) is 4.98 Å². The molecule has 0 bridgehead atoms. The Morgan fingerprint density at radius 1 is 1.33 bits per heavy atom.